The Morgan fingerprint density at radius 2 is 2.12 bits per heavy atom. The predicted molar refractivity (Wildman–Crippen MR) is 34.1 cm³/mol. The van der Waals surface area contributed by atoms with E-state index in [9.17, 15) is 0 Å². The van der Waals surface area contributed by atoms with Crippen LogP contribution in [0.15, 0.2) is 24.2 Å². The van der Waals surface area contributed by atoms with Crippen LogP contribution in [-0.2, 0) is 0 Å². The van der Waals surface area contributed by atoms with Gasteiger partial charge in [0, 0.05) is 0 Å². The molecule has 0 spiro atoms. The van der Waals surface area contributed by atoms with E-state index < -0.39 is 7.12 Å². The van der Waals surface area contributed by atoms with E-state index in [1.807, 2.05) is 0 Å². The quantitative estimate of drug-likeness (QED) is 0.393. The largest absolute Gasteiger partial charge is 0.487 e. The molecule has 0 unspecified atom stereocenters. The molecule has 44 valence electrons. The first kappa shape index (κ1) is 7.46. The van der Waals surface area contributed by atoms with E-state index >= 15 is 0 Å². The summed E-state index contributed by atoms with van der Waals surface area (Å²) in [5.41, 5.74) is 0.313. The van der Waals surface area contributed by atoms with Gasteiger partial charge in [-0.2, -0.15) is 0 Å². The second kappa shape index (κ2) is 3.46. The smallest absolute Gasteiger partial charge is 0.423 e. The number of hydrogen-bond acceptors (Lipinski definition) is 2. The lowest BCUT2D eigenvalue weighted by atomic mass is 9.81. The Labute approximate surface area is 49.3 Å². The second-order valence-electron chi connectivity index (χ2n) is 1.45. The van der Waals surface area contributed by atoms with Crippen molar-refractivity contribution in [2.24, 2.45) is 0 Å². The molecule has 0 aromatic carbocycles. The Kier molecular flexibility index (Phi) is 3.23. The Bertz CT molecular complexity index is 107. The monoisotopic (exact) mass is 112 g/mol. The van der Waals surface area contributed by atoms with Crippen LogP contribution < -0.4 is 0 Å². The maximum absolute atomic E-state index is 8.36. The fourth-order valence-electron chi connectivity index (χ4n) is 0.300. The third kappa shape index (κ3) is 2.61. The summed E-state index contributed by atoms with van der Waals surface area (Å²) in [5.74, 6) is 0. The zero-order valence-electron chi connectivity index (χ0n) is 4.83. The normalized spacial score (nSPS) is 9.88. The van der Waals surface area contributed by atoms with Gasteiger partial charge >= 0.3 is 7.12 Å². The molecule has 0 rings (SSSR count). The Morgan fingerprint density at radius 3 is 2.25 bits per heavy atom. The van der Waals surface area contributed by atoms with Crippen LogP contribution in [0, 0.1) is 0 Å². The molecule has 0 aliphatic heterocycles. The topological polar surface area (TPSA) is 40.5 Å². The van der Waals surface area contributed by atoms with Gasteiger partial charge in [-0.25, -0.2) is 0 Å². The average molecular weight is 112 g/mol. The van der Waals surface area contributed by atoms with Gasteiger partial charge in [0.05, 0.1) is 0 Å². The molecule has 0 aliphatic rings. The highest BCUT2D eigenvalue weighted by atomic mass is 16.4. The van der Waals surface area contributed by atoms with Crippen LogP contribution in [0.4, 0.5) is 0 Å². The minimum absolute atomic E-state index is 0.313. The third-order valence-electron chi connectivity index (χ3n) is 0.712. The number of rotatable bonds is 2. The summed E-state index contributed by atoms with van der Waals surface area (Å²) in [4.78, 5) is 0. The zero-order valence-corrected chi connectivity index (χ0v) is 4.83. The molecule has 2 nitrogen and oxygen atoms in total. The summed E-state index contributed by atoms with van der Waals surface area (Å²) >= 11 is 0. The van der Waals surface area contributed by atoms with E-state index in [4.69, 9.17) is 10.0 Å². The molecule has 0 aromatic rings. The van der Waals surface area contributed by atoms with Crippen molar-refractivity contribution in [1.82, 2.24) is 0 Å². The van der Waals surface area contributed by atoms with E-state index in [1.54, 1.807) is 19.1 Å². The van der Waals surface area contributed by atoms with Crippen LogP contribution in [0.25, 0.3) is 0 Å². The van der Waals surface area contributed by atoms with Crippen molar-refractivity contribution in [3.63, 3.8) is 0 Å². The lowest BCUT2D eigenvalue weighted by Gasteiger charge is -1.92. The first-order valence-corrected chi connectivity index (χ1v) is 2.36. The molecule has 0 aliphatic carbocycles. The molecular weight excluding hydrogens is 103 g/mol. The van der Waals surface area contributed by atoms with Gasteiger partial charge in [0.25, 0.3) is 0 Å². The minimum atomic E-state index is -1.41. The second-order valence-corrected chi connectivity index (χ2v) is 1.45. The standard InChI is InChI=1S/C5H9BO2/c1-3-4-5(2)6(7)8/h3-4,7-8H,2H2,1H3. The van der Waals surface area contributed by atoms with Crippen LogP contribution in [0.1, 0.15) is 6.92 Å². The molecule has 0 atom stereocenters. The Balaban J connectivity index is 3.66. The summed E-state index contributed by atoms with van der Waals surface area (Å²) in [6, 6.07) is 0. The summed E-state index contributed by atoms with van der Waals surface area (Å²) in [6.45, 7) is 5.14. The van der Waals surface area contributed by atoms with Crippen LogP contribution in [0.5, 0.6) is 0 Å². The van der Waals surface area contributed by atoms with Gasteiger partial charge in [0.1, 0.15) is 0 Å². The number of hydrogen-bond donors (Lipinski definition) is 2. The molecule has 8 heavy (non-hydrogen) atoms. The molecule has 0 fully saturated rings. The highest BCUT2D eigenvalue weighted by Crippen LogP contribution is 1.91. The van der Waals surface area contributed by atoms with Gasteiger partial charge in [-0.1, -0.05) is 18.7 Å². The SMILES string of the molecule is C=C(C=CC)B(O)O. The van der Waals surface area contributed by atoms with Crippen molar-refractivity contribution in [2.75, 3.05) is 0 Å². The molecule has 0 aromatic heterocycles. The lowest BCUT2D eigenvalue weighted by molar-refractivity contribution is 0.421. The Morgan fingerprint density at radius 1 is 1.62 bits per heavy atom. The minimum Gasteiger partial charge on any atom is -0.423 e. The van der Waals surface area contributed by atoms with Crippen molar-refractivity contribution >= 4 is 7.12 Å². The molecule has 2 N–H and O–H groups in total. The van der Waals surface area contributed by atoms with Crippen molar-refractivity contribution < 1.29 is 10.0 Å². The van der Waals surface area contributed by atoms with Crippen molar-refractivity contribution in [1.29, 1.82) is 0 Å². The van der Waals surface area contributed by atoms with Crippen LogP contribution in [0.3, 0.4) is 0 Å². The highest BCUT2D eigenvalue weighted by Gasteiger charge is 2.06. The molecular formula is C5H9BO2. The van der Waals surface area contributed by atoms with Crippen LogP contribution >= 0.6 is 0 Å². The van der Waals surface area contributed by atoms with Gasteiger partial charge in [0.2, 0.25) is 0 Å². The maximum Gasteiger partial charge on any atom is 0.487 e. The van der Waals surface area contributed by atoms with E-state index in [0.717, 1.165) is 0 Å². The van der Waals surface area contributed by atoms with Crippen molar-refractivity contribution in [3.05, 3.63) is 24.2 Å². The molecule has 0 saturated carbocycles. The summed E-state index contributed by atoms with van der Waals surface area (Å²) in [6.07, 6.45) is 3.24. The van der Waals surface area contributed by atoms with Gasteiger partial charge in [-0.15, -0.1) is 0 Å². The van der Waals surface area contributed by atoms with Crippen molar-refractivity contribution in [2.45, 2.75) is 6.92 Å². The van der Waals surface area contributed by atoms with Crippen LogP contribution in [-0.4, -0.2) is 17.2 Å². The third-order valence-corrected chi connectivity index (χ3v) is 0.712. The van der Waals surface area contributed by atoms with E-state index in [2.05, 4.69) is 6.58 Å². The van der Waals surface area contributed by atoms with Gasteiger partial charge in [-0.05, 0) is 12.4 Å². The summed E-state index contributed by atoms with van der Waals surface area (Å²) in [7, 11) is -1.41. The van der Waals surface area contributed by atoms with Gasteiger partial charge < -0.3 is 10.0 Å². The highest BCUT2D eigenvalue weighted by molar-refractivity contribution is 6.51. The first-order chi connectivity index (χ1) is 3.68. The van der Waals surface area contributed by atoms with Crippen molar-refractivity contribution in [3.8, 4) is 0 Å². The van der Waals surface area contributed by atoms with E-state index in [-0.39, 0.29) is 0 Å². The van der Waals surface area contributed by atoms with Gasteiger partial charge in [-0.3, -0.25) is 0 Å². The summed E-state index contributed by atoms with van der Waals surface area (Å²) < 4.78 is 0. The van der Waals surface area contributed by atoms with E-state index in [1.165, 1.54) is 0 Å². The average Bonchev–Trinajstić information content (AvgIpc) is 1.67. The maximum atomic E-state index is 8.36. The molecule has 0 amide bonds. The zero-order chi connectivity index (χ0) is 6.57. The summed E-state index contributed by atoms with van der Waals surface area (Å²) in [5, 5.41) is 16.7. The molecule has 0 radical (unpaired) electrons. The number of allylic oxidation sites excluding steroid dienone is 3. The van der Waals surface area contributed by atoms with Crippen LogP contribution in [0.2, 0.25) is 0 Å². The Hall–Kier alpha value is -0.535. The van der Waals surface area contributed by atoms with Gasteiger partial charge in [0.15, 0.2) is 0 Å². The van der Waals surface area contributed by atoms with E-state index in [0.29, 0.717) is 5.47 Å². The fraction of sp³-hybridized carbons (Fsp3) is 0.200. The first-order valence-electron chi connectivity index (χ1n) is 2.36. The molecule has 0 bridgehead atoms. The lowest BCUT2D eigenvalue weighted by Crippen LogP contribution is -2.12. The molecule has 0 heterocycles. The molecule has 3 heteroatoms. The molecule has 0 saturated heterocycles. The fourth-order valence-corrected chi connectivity index (χ4v) is 0.300. The predicted octanol–water partition coefficient (Wildman–Crippen LogP) is 0.131.